The molecule has 0 saturated carbocycles. The number of carbonyl (C=O) groups is 3. The van der Waals surface area contributed by atoms with Crippen LogP contribution < -0.4 is 10.6 Å². The Morgan fingerprint density at radius 2 is 1.36 bits per heavy atom. The van der Waals surface area contributed by atoms with E-state index in [0.717, 1.165) is 5.56 Å². The third-order valence-electron chi connectivity index (χ3n) is 2.92. The second-order valence-electron chi connectivity index (χ2n) is 4.80. The third kappa shape index (κ3) is 4.56. The highest BCUT2D eigenvalue weighted by Gasteiger charge is 2.14. The van der Waals surface area contributed by atoms with E-state index in [0.29, 0.717) is 11.4 Å². The fourth-order valence-electron chi connectivity index (χ4n) is 1.90. The number of amides is 2. The van der Waals surface area contributed by atoms with E-state index in [2.05, 4.69) is 10.6 Å². The molecule has 0 aliphatic rings. The Morgan fingerprint density at radius 1 is 0.818 bits per heavy atom. The van der Waals surface area contributed by atoms with Crippen molar-refractivity contribution in [3.63, 3.8) is 0 Å². The number of ketones is 1. The minimum Gasteiger partial charge on any atom is -0.326 e. The molecule has 2 amide bonds. The number of nitrogens with one attached hydrogen (secondary N) is 2. The first-order valence-corrected chi connectivity index (χ1v) is 6.80. The molecule has 2 rings (SSSR count). The molecule has 2 N–H and O–H groups in total. The van der Waals surface area contributed by atoms with Crippen LogP contribution in [0.2, 0.25) is 0 Å². The van der Waals surface area contributed by atoms with Gasteiger partial charge in [-0.3, -0.25) is 14.4 Å². The Kier molecular flexibility index (Phi) is 5.03. The summed E-state index contributed by atoms with van der Waals surface area (Å²) in [5.74, 6) is -1.33. The normalized spacial score (nSPS) is 9.86. The first-order chi connectivity index (χ1) is 10.5. The maximum absolute atomic E-state index is 11.9. The van der Waals surface area contributed by atoms with Crippen LogP contribution in [0.5, 0.6) is 0 Å². The second kappa shape index (κ2) is 7.17. The van der Waals surface area contributed by atoms with Crippen LogP contribution in [-0.4, -0.2) is 17.6 Å². The van der Waals surface area contributed by atoms with Crippen molar-refractivity contribution in [2.75, 3.05) is 10.6 Å². The quantitative estimate of drug-likeness (QED) is 0.832. The smallest absolute Gasteiger partial charge is 0.292 e. The zero-order valence-electron chi connectivity index (χ0n) is 12.1. The Hall–Kier alpha value is -2.95. The van der Waals surface area contributed by atoms with Crippen molar-refractivity contribution >= 4 is 29.0 Å². The molecular formula is C17H16N2O3. The fourth-order valence-corrected chi connectivity index (χ4v) is 1.90. The minimum atomic E-state index is -0.656. The molecule has 5 nitrogen and oxygen atoms in total. The highest BCUT2D eigenvalue weighted by molar-refractivity contribution is 6.41. The van der Waals surface area contributed by atoms with E-state index < -0.39 is 11.7 Å². The number of benzene rings is 2. The molecule has 0 saturated heterocycles. The standard InChI is InChI=1S/C17H16N2O3/c1-12(20)18-14-7-9-15(10-8-14)19-17(22)16(21)11-13-5-3-2-4-6-13/h2-10H,11H2,1H3,(H,18,20)(H,19,22). The summed E-state index contributed by atoms with van der Waals surface area (Å²) in [4.78, 5) is 34.6. The predicted octanol–water partition coefficient (Wildman–Crippen LogP) is 2.40. The van der Waals surface area contributed by atoms with Crippen LogP contribution in [0, 0.1) is 0 Å². The topological polar surface area (TPSA) is 75.3 Å². The molecular weight excluding hydrogens is 280 g/mol. The summed E-state index contributed by atoms with van der Waals surface area (Å²) in [6.07, 6.45) is 0.0661. The van der Waals surface area contributed by atoms with Crippen molar-refractivity contribution in [2.24, 2.45) is 0 Å². The molecule has 0 aliphatic carbocycles. The summed E-state index contributed by atoms with van der Waals surface area (Å²) in [5.41, 5.74) is 1.92. The lowest BCUT2D eigenvalue weighted by atomic mass is 10.1. The summed E-state index contributed by atoms with van der Waals surface area (Å²) in [5, 5.41) is 5.16. The van der Waals surface area contributed by atoms with Crippen molar-refractivity contribution < 1.29 is 14.4 Å². The monoisotopic (exact) mass is 296 g/mol. The van der Waals surface area contributed by atoms with E-state index >= 15 is 0 Å². The molecule has 0 spiro atoms. The number of carbonyl (C=O) groups excluding carboxylic acids is 3. The Labute approximate surface area is 128 Å². The lowest BCUT2D eigenvalue weighted by Gasteiger charge is -2.06. The second-order valence-corrected chi connectivity index (χ2v) is 4.80. The number of hydrogen-bond acceptors (Lipinski definition) is 3. The lowest BCUT2D eigenvalue weighted by molar-refractivity contribution is -0.134. The van der Waals surface area contributed by atoms with Crippen molar-refractivity contribution in [3.05, 3.63) is 60.2 Å². The van der Waals surface area contributed by atoms with Gasteiger partial charge < -0.3 is 10.6 Å². The lowest BCUT2D eigenvalue weighted by Crippen LogP contribution is -2.24. The molecule has 0 aliphatic heterocycles. The molecule has 5 heteroatoms. The van der Waals surface area contributed by atoms with Crippen LogP contribution in [0.15, 0.2) is 54.6 Å². The number of anilines is 2. The van der Waals surface area contributed by atoms with E-state index in [4.69, 9.17) is 0 Å². The summed E-state index contributed by atoms with van der Waals surface area (Å²) in [7, 11) is 0. The average molecular weight is 296 g/mol. The van der Waals surface area contributed by atoms with Crippen LogP contribution in [0.25, 0.3) is 0 Å². The van der Waals surface area contributed by atoms with Crippen LogP contribution in [0.1, 0.15) is 12.5 Å². The van der Waals surface area contributed by atoms with Gasteiger partial charge in [-0.1, -0.05) is 30.3 Å². The zero-order valence-corrected chi connectivity index (χ0v) is 12.1. The molecule has 0 radical (unpaired) electrons. The molecule has 0 unspecified atom stereocenters. The van der Waals surface area contributed by atoms with Crippen LogP contribution in [0.4, 0.5) is 11.4 Å². The van der Waals surface area contributed by atoms with Crippen molar-refractivity contribution in [1.29, 1.82) is 0 Å². The highest BCUT2D eigenvalue weighted by atomic mass is 16.2. The van der Waals surface area contributed by atoms with Gasteiger partial charge in [0, 0.05) is 24.7 Å². The van der Waals surface area contributed by atoms with Gasteiger partial charge in [-0.25, -0.2) is 0 Å². The molecule has 0 aromatic heterocycles. The first kappa shape index (κ1) is 15.4. The third-order valence-corrected chi connectivity index (χ3v) is 2.92. The summed E-state index contributed by atoms with van der Waals surface area (Å²) < 4.78 is 0. The Balaban J connectivity index is 1.93. The summed E-state index contributed by atoms with van der Waals surface area (Å²) >= 11 is 0. The van der Waals surface area contributed by atoms with Gasteiger partial charge in [-0.2, -0.15) is 0 Å². The van der Waals surface area contributed by atoms with Crippen molar-refractivity contribution in [3.8, 4) is 0 Å². The van der Waals surface area contributed by atoms with Crippen molar-refractivity contribution in [2.45, 2.75) is 13.3 Å². The van der Waals surface area contributed by atoms with Crippen molar-refractivity contribution in [1.82, 2.24) is 0 Å². The largest absolute Gasteiger partial charge is 0.326 e. The maximum Gasteiger partial charge on any atom is 0.292 e. The molecule has 0 heterocycles. The number of Topliss-reactive ketones (excluding diaryl/α,β-unsaturated/α-hetero) is 1. The molecule has 22 heavy (non-hydrogen) atoms. The van der Waals surface area contributed by atoms with Gasteiger partial charge in [0.1, 0.15) is 0 Å². The molecule has 2 aromatic carbocycles. The molecule has 0 bridgehead atoms. The summed E-state index contributed by atoms with van der Waals surface area (Å²) in [6, 6.07) is 15.6. The maximum atomic E-state index is 11.9. The van der Waals surface area contributed by atoms with Crippen LogP contribution in [-0.2, 0) is 20.8 Å². The first-order valence-electron chi connectivity index (χ1n) is 6.80. The van der Waals surface area contributed by atoms with Gasteiger partial charge >= 0.3 is 0 Å². The zero-order chi connectivity index (χ0) is 15.9. The highest BCUT2D eigenvalue weighted by Crippen LogP contribution is 2.13. The molecule has 112 valence electrons. The molecule has 0 atom stereocenters. The average Bonchev–Trinajstić information content (AvgIpc) is 2.49. The van der Waals surface area contributed by atoms with E-state index in [1.54, 1.807) is 36.4 Å². The van der Waals surface area contributed by atoms with Gasteiger partial charge in [-0.15, -0.1) is 0 Å². The summed E-state index contributed by atoms with van der Waals surface area (Å²) in [6.45, 7) is 1.41. The van der Waals surface area contributed by atoms with Gasteiger partial charge in [0.25, 0.3) is 5.91 Å². The Morgan fingerprint density at radius 3 is 1.91 bits per heavy atom. The van der Waals surface area contributed by atoms with E-state index in [-0.39, 0.29) is 12.3 Å². The Bertz CT molecular complexity index is 679. The number of rotatable bonds is 5. The van der Waals surface area contributed by atoms with Gasteiger partial charge in [0.15, 0.2) is 0 Å². The van der Waals surface area contributed by atoms with E-state index in [1.165, 1.54) is 6.92 Å². The molecule has 2 aromatic rings. The van der Waals surface area contributed by atoms with E-state index in [9.17, 15) is 14.4 Å². The van der Waals surface area contributed by atoms with Gasteiger partial charge in [0.05, 0.1) is 0 Å². The predicted molar refractivity (Wildman–Crippen MR) is 84.5 cm³/mol. The van der Waals surface area contributed by atoms with E-state index in [1.807, 2.05) is 18.2 Å². The number of hydrogen-bond donors (Lipinski definition) is 2. The van der Waals surface area contributed by atoms with Gasteiger partial charge in [0.2, 0.25) is 11.7 Å². The van der Waals surface area contributed by atoms with Gasteiger partial charge in [-0.05, 0) is 29.8 Å². The molecule has 0 fully saturated rings. The minimum absolute atomic E-state index is 0.0661. The SMILES string of the molecule is CC(=O)Nc1ccc(NC(=O)C(=O)Cc2ccccc2)cc1. The fraction of sp³-hybridized carbons (Fsp3) is 0.118. The van der Waals surface area contributed by atoms with Crippen LogP contribution in [0.3, 0.4) is 0 Å². The van der Waals surface area contributed by atoms with Crippen LogP contribution >= 0.6 is 0 Å².